The Kier molecular flexibility index (Phi) is 7.25. The largest absolute Gasteiger partial charge is 0.483 e. The average Bonchev–Trinajstić information content (AvgIpc) is 2.65. The maximum atomic E-state index is 12.8. The number of benzene rings is 1. The van der Waals surface area contributed by atoms with Gasteiger partial charge in [-0.2, -0.15) is 13.2 Å². The zero-order chi connectivity index (χ0) is 20.8. The molecular formula is C18H24F3N3O4. The summed E-state index contributed by atoms with van der Waals surface area (Å²) in [6.45, 7) is 2.90. The van der Waals surface area contributed by atoms with Crippen molar-refractivity contribution in [1.29, 1.82) is 0 Å². The van der Waals surface area contributed by atoms with Crippen molar-refractivity contribution in [2.45, 2.75) is 24.6 Å². The molecule has 2 aliphatic heterocycles. The van der Waals surface area contributed by atoms with E-state index in [1.54, 1.807) is 4.90 Å². The van der Waals surface area contributed by atoms with E-state index in [2.05, 4.69) is 10.2 Å². The summed E-state index contributed by atoms with van der Waals surface area (Å²) in [4.78, 5) is 24.7. The van der Waals surface area contributed by atoms with Gasteiger partial charge in [0.1, 0.15) is 0 Å². The molecule has 7 nitrogen and oxygen atoms in total. The summed E-state index contributed by atoms with van der Waals surface area (Å²) in [6, 6.07) is 4.29. The molecule has 1 aromatic carbocycles. The molecule has 2 saturated heterocycles. The maximum absolute atomic E-state index is 12.8. The van der Waals surface area contributed by atoms with Gasteiger partial charge in [-0.25, -0.2) is 4.79 Å². The summed E-state index contributed by atoms with van der Waals surface area (Å²) in [5.41, 5.74) is -0.974. The van der Waals surface area contributed by atoms with E-state index in [0.717, 1.165) is 38.1 Å². The van der Waals surface area contributed by atoms with E-state index in [-0.39, 0.29) is 23.8 Å². The molecule has 2 aliphatic rings. The van der Waals surface area contributed by atoms with Gasteiger partial charge in [0, 0.05) is 25.3 Å². The third kappa shape index (κ3) is 5.83. The molecule has 156 valence electrons. The Bertz CT molecular complexity index is 676. The molecule has 0 aromatic heterocycles. The summed E-state index contributed by atoms with van der Waals surface area (Å²) in [7, 11) is 2.05. The number of ether oxygens (including phenoxy) is 1. The van der Waals surface area contributed by atoms with E-state index in [1.165, 1.54) is 12.1 Å². The monoisotopic (exact) mass is 403 g/mol. The van der Waals surface area contributed by atoms with Crippen LogP contribution in [0.2, 0.25) is 0 Å². The summed E-state index contributed by atoms with van der Waals surface area (Å²) < 4.78 is 44.3. The first kappa shape index (κ1) is 22.0. The standard InChI is InChI=1S/C17H22F3N3O2.CH2O2/c1-22-7-5-16(6-8-22)12-23(9-10-25-16)15(24)21-14-4-2-3-13(11-14)17(18,19)20;2-1-3/h2-4,11H,5-10,12H2,1H3,(H,21,24);1H,(H,2,3). The Morgan fingerprint density at radius 2 is 1.93 bits per heavy atom. The van der Waals surface area contributed by atoms with E-state index in [1.807, 2.05) is 7.05 Å². The Morgan fingerprint density at radius 3 is 2.54 bits per heavy atom. The molecule has 1 aromatic rings. The number of halogens is 3. The number of hydrogen-bond donors (Lipinski definition) is 2. The molecule has 2 amide bonds. The highest BCUT2D eigenvalue weighted by Crippen LogP contribution is 2.32. The summed E-state index contributed by atoms with van der Waals surface area (Å²) in [6.07, 6.45) is -2.74. The predicted molar refractivity (Wildman–Crippen MR) is 96.1 cm³/mol. The lowest BCUT2D eigenvalue weighted by atomic mass is 9.89. The second-order valence-electron chi connectivity index (χ2n) is 6.87. The summed E-state index contributed by atoms with van der Waals surface area (Å²) >= 11 is 0. The molecule has 0 radical (unpaired) electrons. The number of nitrogens with zero attached hydrogens (tertiary/aromatic N) is 2. The number of urea groups is 1. The Labute approximate surface area is 161 Å². The van der Waals surface area contributed by atoms with Crippen molar-refractivity contribution in [3.05, 3.63) is 29.8 Å². The van der Waals surface area contributed by atoms with Gasteiger partial charge in [-0.1, -0.05) is 6.07 Å². The lowest BCUT2D eigenvalue weighted by Crippen LogP contribution is -2.58. The van der Waals surface area contributed by atoms with E-state index in [0.29, 0.717) is 19.7 Å². The molecule has 2 fully saturated rings. The van der Waals surface area contributed by atoms with E-state index in [4.69, 9.17) is 14.6 Å². The van der Waals surface area contributed by atoms with Gasteiger partial charge in [-0.05, 0) is 38.1 Å². The Balaban J connectivity index is 0.000000878. The zero-order valence-electron chi connectivity index (χ0n) is 15.5. The molecule has 10 heteroatoms. The van der Waals surface area contributed by atoms with Crippen molar-refractivity contribution >= 4 is 18.2 Å². The number of hydrogen-bond acceptors (Lipinski definition) is 4. The minimum Gasteiger partial charge on any atom is -0.483 e. The van der Waals surface area contributed by atoms with E-state index < -0.39 is 11.7 Å². The van der Waals surface area contributed by atoms with Crippen LogP contribution in [0.3, 0.4) is 0 Å². The number of amides is 2. The third-order valence-corrected chi connectivity index (χ3v) is 4.88. The van der Waals surface area contributed by atoms with Crippen molar-refractivity contribution in [3.63, 3.8) is 0 Å². The van der Waals surface area contributed by atoms with E-state index in [9.17, 15) is 18.0 Å². The van der Waals surface area contributed by atoms with Crippen LogP contribution in [0.4, 0.5) is 23.7 Å². The van der Waals surface area contributed by atoms with Crippen molar-refractivity contribution in [3.8, 4) is 0 Å². The number of nitrogens with one attached hydrogen (secondary N) is 1. The van der Waals surface area contributed by atoms with Crippen LogP contribution < -0.4 is 5.32 Å². The highest BCUT2D eigenvalue weighted by molar-refractivity contribution is 5.89. The fraction of sp³-hybridized carbons (Fsp3) is 0.556. The van der Waals surface area contributed by atoms with Crippen LogP contribution in [0, 0.1) is 0 Å². The van der Waals surface area contributed by atoms with Crippen LogP contribution in [-0.2, 0) is 15.7 Å². The van der Waals surface area contributed by atoms with Gasteiger partial charge in [-0.3, -0.25) is 4.79 Å². The van der Waals surface area contributed by atoms with Gasteiger partial charge in [0.25, 0.3) is 6.47 Å². The molecule has 3 rings (SSSR count). The Hall–Kier alpha value is -2.33. The number of anilines is 1. The van der Waals surface area contributed by atoms with Gasteiger partial charge in [0.05, 0.1) is 24.3 Å². The number of carboxylic acid groups (broad SMARTS) is 1. The zero-order valence-corrected chi connectivity index (χ0v) is 15.5. The Morgan fingerprint density at radius 1 is 1.29 bits per heavy atom. The fourth-order valence-corrected chi connectivity index (χ4v) is 3.32. The molecule has 0 bridgehead atoms. The normalized spacial score (nSPS) is 19.5. The first-order valence-corrected chi connectivity index (χ1v) is 8.83. The van der Waals surface area contributed by atoms with Crippen LogP contribution in [0.5, 0.6) is 0 Å². The lowest BCUT2D eigenvalue weighted by Gasteiger charge is -2.46. The SMILES string of the molecule is CN1CCC2(CC1)CN(C(=O)Nc1cccc(C(F)(F)F)c1)CCO2.O=CO. The average molecular weight is 403 g/mol. The van der Waals surface area contributed by atoms with Gasteiger partial charge in [0.15, 0.2) is 0 Å². The number of likely N-dealkylation sites (tertiary alicyclic amines) is 1. The van der Waals surface area contributed by atoms with Crippen LogP contribution in [-0.4, -0.2) is 72.8 Å². The van der Waals surface area contributed by atoms with Crippen LogP contribution in [0.1, 0.15) is 18.4 Å². The first-order valence-electron chi connectivity index (χ1n) is 8.83. The minimum absolute atomic E-state index is 0.142. The van der Waals surface area contributed by atoms with Crippen molar-refractivity contribution < 1.29 is 32.6 Å². The topological polar surface area (TPSA) is 82.1 Å². The van der Waals surface area contributed by atoms with Crippen LogP contribution in [0.25, 0.3) is 0 Å². The molecular weight excluding hydrogens is 379 g/mol. The first-order chi connectivity index (χ1) is 13.2. The van der Waals surface area contributed by atoms with Gasteiger partial charge >= 0.3 is 12.2 Å². The highest BCUT2D eigenvalue weighted by Gasteiger charge is 2.40. The third-order valence-electron chi connectivity index (χ3n) is 4.88. The molecule has 0 atom stereocenters. The quantitative estimate of drug-likeness (QED) is 0.705. The maximum Gasteiger partial charge on any atom is 0.416 e. The van der Waals surface area contributed by atoms with Crippen molar-refractivity contribution in [2.24, 2.45) is 0 Å². The molecule has 1 spiro atoms. The smallest absolute Gasteiger partial charge is 0.416 e. The fourth-order valence-electron chi connectivity index (χ4n) is 3.32. The number of carbonyl (C=O) groups excluding carboxylic acids is 1. The second kappa shape index (κ2) is 9.24. The molecule has 0 saturated carbocycles. The van der Waals surface area contributed by atoms with E-state index >= 15 is 0 Å². The highest BCUT2D eigenvalue weighted by atomic mass is 19.4. The van der Waals surface area contributed by atoms with Crippen molar-refractivity contribution in [2.75, 3.05) is 45.2 Å². The van der Waals surface area contributed by atoms with Crippen LogP contribution >= 0.6 is 0 Å². The van der Waals surface area contributed by atoms with Crippen LogP contribution in [0.15, 0.2) is 24.3 Å². The second-order valence-corrected chi connectivity index (χ2v) is 6.87. The summed E-state index contributed by atoms with van der Waals surface area (Å²) in [5.74, 6) is 0. The van der Waals surface area contributed by atoms with Crippen molar-refractivity contribution in [1.82, 2.24) is 9.80 Å². The predicted octanol–water partition coefficient (Wildman–Crippen LogP) is 2.73. The summed E-state index contributed by atoms with van der Waals surface area (Å²) in [5, 5.41) is 9.46. The number of carbonyl (C=O) groups is 2. The molecule has 28 heavy (non-hydrogen) atoms. The molecule has 2 N–H and O–H groups in total. The molecule has 0 unspecified atom stereocenters. The van der Waals surface area contributed by atoms with Gasteiger partial charge in [0.2, 0.25) is 0 Å². The minimum atomic E-state index is -4.43. The van der Waals surface area contributed by atoms with Gasteiger partial charge < -0.3 is 25.0 Å². The molecule has 2 heterocycles. The molecule has 0 aliphatic carbocycles. The van der Waals surface area contributed by atoms with Gasteiger partial charge in [-0.15, -0.1) is 0 Å². The number of alkyl halides is 3. The number of rotatable bonds is 1. The number of morpholine rings is 1. The lowest BCUT2D eigenvalue weighted by molar-refractivity contribution is -0.137. The number of piperidine rings is 1.